The highest BCUT2D eigenvalue weighted by Gasteiger charge is 2.32. The molecule has 2 atom stereocenters. The Morgan fingerprint density at radius 2 is 1.44 bits per heavy atom. The molecular formula is C49H59N17O5. The molecule has 22 nitrogen and oxygen atoms in total. The van der Waals surface area contributed by atoms with Gasteiger partial charge in [-0.15, -0.1) is 5.10 Å². The minimum atomic E-state index is -0.0448. The summed E-state index contributed by atoms with van der Waals surface area (Å²) in [7, 11) is 4.75. The van der Waals surface area contributed by atoms with Crippen molar-refractivity contribution >= 4 is 51.7 Å². The summed E-state index contributed by atoms with van der Waals surface area (Å²) in [6.07, 6.45) is 18.5. The van der Waals surface area contributed by atoms with E-state index >= 15 is 0 Å². The van der Waals surface area contributed by atoms with E-state index in [1.54, 1.807) is 34.0 Å². The number of aryl methyl sites for hydroxylation is 1. The fraction of sp³-hybridized carbons (Fsp3) is 0.429. The second kappa shape index (κ2) is 19.7. The number of aliphatic hydroxyl groups excluding tert-OH is 2. The van der Waals surface area contributed by atoms with Gasteiger partial charge in [0, 0.05) is 55.9 Å². The standard InChI is InChI=1S/C49H59N17O5/c1-30-43-46(63-17-5-8-35(63)26-67)57-48(55-42-25-62(29-53-42)37-21-39(69-2)44(71-4)40(22-37)70-3)58-47(43)66(59-30)33-13-11-31(12-14-33)51-23-32-20-34(15-16-50-32)61-24-41(52-28-61)54-45-38-10-7-19-65(38)60-49(56-45)64-18-6-9-36(64)27-68/h7,10,15-16,19-22,24-25,28-29,31,33,35-36,51,67-68H,5-6,8-9,11-14,17-18,23,26-27H2,1-4H3,(H,54,56,60)(H,55,57,58)/t31?,33?,35-,36-/m0/s1. The molecule has 370 valence electrons. The Kier molecular flexibility index (Phi) is 12.7. The van der Waals surface area contributed by atoms with Gasteiger partial charge in [-0.25, -0.2) is 19.2 Å². The number of nitrogens with one attached hydrogen (secondary N) is 3. The minimum Gasteiger partial charge on any atom is -0.493 e. The summed E-state index contributed by atoms with van der Waals surface area (Å²) in [4.78, 5) is 33.4. The third-order valence-electron chi connectivity index (χ3n) is 14.1. The summed E-state index contributed by atoms with van der Waals surface area (Å²) in [5.74, 6) is 5.15. The van der Waals surface area contributed by atoms with Crippen LogP contribution in [0.5, 0.6) is 17.2 Å². The average molecular weight is 966 g/mol. The summed E-state index contributed by atoms with van der Waals surface area (Å²) in [6, 6.07) is 12.1. The molecule has 7 aromatic heterocycles. The lowest BCUT2D eigenvalue weighted by Gasteiger charge is -2.30. The van der Waals surface area contributed by atoms with Gasteiger partial charge in [0.2, 0.25) is 17.6 Å². The number of aromatic nitrogens is 12. The van der Waals surface area contributed by atoms with Gasteiger partial charge in [0.1, 0.15) is 29.8 Å². The summed E-state index contributed by atoms with van der Waals surface area (Å²) < 4.78 is 24.5. The van der Waals surface area contributed by atoms with Crippen molar-refractivity contribution in [1.82, 2.24) is 63.7 Å². The van der Waals surface area contributed by atoms with Gasteiger partial charge in [-0.05, 0) is 82.6 Å². The van der Waals surface area contributed by atoms with Crippen LogP contribution >= 0.6 is 0 Å². The molecule has 0 amide bonds. The number of hydrogen-bond donors (Lipinski definition) is 5. The van der Waals surface area contributed by atoms with Crippen LogP contribution in [0.1, 0.15) is 68.8 Å². The molecule has 9 heterocycles. The molecule has 1 aromatic carbocycles. The van der Waals surface area contributed by atoms with Crippen molar-refractivity contribution in [3.05, 3.63) is 85.2 Å². The van der Waals surface area contributed by atoms with E-state index in [1.165, 1.54) is 0 Å². The molecule has 3 fully saturated rings. The van der Waals surface area contributed by atoms with E-state index < -0.39 is 0 Å². The Morgan fingerprint density at radius 1 is 0.732 bits per heavy atom. The van der Waals surface area contributed by atoms with Crippen molar-refractivity contribution < 1.29 is 24.4 Å². The number of methoxy groups -OCH3 is 3. The highest BCUT2D eigenvalue weighted by atomic mass is 16.5. The van der Waals surface area contributed by atoms with Crippen LogP contribution in [0.25, 0.3) is 27.9 Å². The van der Waals surface area contributed by atoms with Gasteiger partial charge in [0.25, 0.3) is 0 Å². The monoisotopic (exact) mass is 965 g/mol. The Morgan fingerprint density at radius 3 is 2.15 bits per heavy atom. The lowest BCUT2D eigenvalue weighted by Crippen LogP contribution is -2.34. The molecular weight excluding hydrogens is 907 g/mol. The number of anilines is 6. The smallest absolute Gasteiger partial charge is 0.245 e. The van der Waals surface area contributed by atoms with Gasteiger partial charge in [-0.1, -0.05) is 0 Å². The quantitative estimate of drug-likeness (QED) is 0.0742. The van der Waals surface area contributed by atoms with Crippen molar-refractivity contribution in [2.24, 2.45) is 0 Å². The van der Waals surface area contributed by atoms with E-state index in [4.69, 9.17) is 44.3 Å². The summed E-state index contributed by atoms with van der Waals surface area (Å²) >= 11 is 0. The maximum atomic E-state index is 10.4. The third-order valence-corrected chi connectivity index (χ3v) is 14.1. The maximum Gasteiger partial charge on any atom is 0.245 e. The maximum absolute atomic E-state index is 10.4. The molecule has 0 unspecified atom stereocenters. The largest absolute Gasteiger partial charge is 0.493 e. The van der Waals surface area contributed by atoms with Crippen LogP contribution in [-0.2, 0) is 6.54 Å². The molecule has 1 saturated carbocycles. The first-order valence-corrected chi connectivity index (χ1v) is 24.3. The second-order valence-corrected chi connectivity index (χ2v) is 18.4. The Bertz CT molecular complexity index is 3130. The van der Waals surface area contributed by atoms with E-state index in [2.05, 4.69) is 46.5 Å². The van der Waals surface area contributed by atoms with Crippen molar-refractivity contribution in [2.45, 2.75) is 89.0 Å². The number of ether oxygens (including phenoxy) is 3. The Hall–Kier alpha value is -7.56. The first-order chi connectivity index (χ1) is 34.8. The third kappa shape index (κ3) is 8.97. The Balaban J connectivity index is 0.771. The topological polar surface area (TPSA) is 233 Å². The summed E-state index contributed by atoms with van der Waals surface area (Å²) in [5.41, 5.74) is 5.10. The first kappa shape index (κ1) is 45.9. The fourth-order valence-corrected chi connectivity index (χ4v) is 10.4. The van der Waals surface area contributed by atoms with Gasteiger partial charge >= 0.3 is 0 Å². The molecule has 11 rings (SSSR count). The number of pyridine rings is 1. The molecule has 0 radical (unpaired) electrons. The first-order valence-electron chi connectivity index (χ1n) is 24.3. The lowest BCUT2D eigenvalue weighted by molar-refractivity contribution is 0.265. The number of rotatable bonds is 17. The number of hydrogen-bond acceptors (Lipinski definition) is 18. The molecule has 5 N–H and O–H groups in total. The zero-order valence-electron chi connectivity index (χ0n) is 40.3. The summed E-state index contributed by atoms with van der Waals surface area (Å²) in [5, 5.41) is 41.7. The van der Waals surface area contributed by atoms with Crippen LogP contribution in [0.3, 0.4) is 0 Å². The van der Waals surface area contributed by atoms with Gasteiger partial charge in [0.15, 0.2) is 28.8 Å². The molecule has 2 aliphatic heterocycles. The minimum absolute atomic E-state index is 0.00652. The van der Waals surface area contributed by atoms with E-state index in [0.29, 0.717) is 59.2 Å². The predicted molar refractivity (Wildman–Crippen MR) is 267 cm³/mol. The highest BCUT2D eigenvalue weighted by molar-refractivity contribution is 5.91. The molecule has 0 bridgehead atoms. The zero-order chi connectivity index (χ0) is 48.6. The number of aliphatic hydroxyl groups is 2. The van der Waals surface area contributed by atoms with E-state index in [9.17, 15) is 10.2 Å². The molecule has 0 spiro atoms. The lowest BCUT2D eigenvalue weighted by atomic mass is 9.91. The predicted octanol–water partition coefficient (Wildman–Crippen LogP) is 5.65. The molecule has 2 saturated heterocycles. The molecule has 22 heteroatoms. The number of nitrogens with zero attached hydrogens (tertiary/aromatic N) is 14. The van der Waals surface area contributed by atoms with Crippen LogP contribution in [0, 0.1) is 6.92 Å². The molecule has 8 aromatic rings. The van der Waals surface area contributed by atoms with Gasteiger partial charge < -0.3 is 59.3 Å². The summed E-state index contributed by atoms with van der Waals surface area (Å²) in [6.45, 7) is 4.33. The van der Waals surface area contributed by atoms with Gasteiger partial charge in [-0.3, -0.25) is 4.98 Å². The average Bonchev–Trinajstić information content (AvgIpc) is 4.28. The van der Waals surface area contributed by atoms with Gasteiger partial charge in [0.05, 0.1) is 87.5 Å². The zero-order valence-corrected chi connectivity index (χ0v) is 40.3. The number of fused-ring (bicyclic) bond motifs is 2. The van der Waals surface area contributed by atoms with Crippen LogP contribution in [-0.4, -0.2) is 134 Å². The molecule has 1 aliphatic carbocycles. The SMILES string of the molecule is COc1cc(-n2cnc(Nc3nc(N4CCC[C@H]4CO)c4c(C)nn(C5CCC(NCc6cc(-n7cnc(Nc8nc(N9CCC[C@H]9CO)nn9cccc89)c7)ccn6)CC5)c4n3)c2)cc(OC)c1OC. The second-order valence-electron chi connectivity index (χ2n) is 18.4. The van der Waals surface area contributed by atoms with E-state index in [1.807, 2.05) is 75.7 Å². The fourth-order valence-electron chi connectivity index (χ4n) is 10.4. The normalized spacial score (nSPS) is 19.3. The number of benzene rings is 1. The van der Waals surface area contributed by atoms with Crippen molar-refractivity contribution in [3.8, 4) is 28.6 Å². The van der Waals surface area contributed by atoms with Crippen molar-refractivity contribution in [3.63, 3.8) is 0 Å². The highest BCUT2D eigenvalue weighted by Crippen LogP contribution is 2.40. The van der Waals surface area contributed by atoms with Crippen LogP contribution in [0.15, 0.2) is 73.8 Å². The number of imidazole rings is 2. The van der Waals surface area contributed by atoms with E-state index in [0.717, 1.165) is 110 Å². The van der Waals surface area contributed by atoms with Crippen molar-refractivity contribution in [2.75, 3.05) is 68.1 Å². The molecule has 71 heavy (non-hydrogen) atoms. The van der Waals surface area contributed by atoms with Crippen molar-refractivity contribution in [1.29, 1.82) is 0 Å². The van der Waals surface area contributed by atoms with Gasteiger partial charge in [-0.2, -0.15) is 20.1 Å². The molecule has 3 aliphatic rings. The van der Waals surface area contributed by atoms with Crippen LogP contribution in [0.2, 0.25) is 0 Å². The van der Waals surface area contributed by atoms with Crippen LogP contribution < -0.4 is 40.0 Å². The van der Waals surface area contributed by atoms with E-state index in [-0.39, 0.29) is 31.3 Å². The Labute approximate surface area is 409 Å². The van der Waals surface area contributed by atoms with Crippen LogP contribution in [0.4, 0.5) is 35.2 Å².